The fourth-order valence-electron chi connectivity index (χ4n) is 2.05. The molecular formula is C14H12N4O2. The highest BCUT2D eigenvalue weighted by molar-refractivity contribution is 5.79. The van der Waals surface area contributed by atoms with Gasteiger partial charge in [-0.1, -0.05) is 12.1 Å². The van der Waals surface area contributed by atoms with Crippen LogP contribution in [0.1, 0.15) is 5.56 Å². The number of fused-ring (bicyclic) bond motifs is 1. The fourth-order valence-corrected chi connectivity index (χ4v) is 2.05. The van der Waals surface area contributed by atoms with Gasteiger partial charge in [-0.05, 0) is 36.8 Å². The molecule has 100 valence electrons. The Labute approximate surface area is 114 Å². The third-order valence-electron chi connectivity index (χ3n) is 2.95. The molecule has 0 spiro atoms. The van der Waals surface area contributed by atoms with Crippen molar-refractivity contribution in [3.8, 4) is 11.4 Å². The zero-order valence-corrected chi connectivity index (χ0v) is 10.7. The van der Waals surface area contributed by atoms with Crippen LogP contribution in [0.2, 0.25) is 0 Å². The van der Waals surface area contributed by atoms with Crippen LogP contribution in [0.4, 0.5) is 5.69 Å². The number of phenolic OH excluding ortho intramolecular Hbond substituents is 1. The summed E-state index contributed by atoms with van der Waals surface area (Å²) in [6.45, 7) is 1.86. The number of carbonyl (C=O) groups is 1. The van der Waals surface area contributed by atoms with E-state index < -0.39 is 0 Å². The predicted molar refractivity (Wildman–Crippen MR) is 75.0 cm³/mol. The highest BCUT2D eigenvalue weighted by Gasteiger charge is 2.13. The highest BCUT2D eigenvalue weighted by atomic mass is 16.3. The van der Waals surface area contributed by atoms with E-state index in [4.69, 9.17) is 0 Å². The van der Waals surface area contributed by atoms with Crippen molar-refractivity contribution in [1.29, 1.82) is 0 Å². The number of phenols is 1. The Morgan fingerprint density at radius 3 is 2.45 bits per heavy atom. The molecule has 3 rings (SSSR count). The number of aromatic hydroxyl groups is 1. The standard InChI is InChI=1S/C14H12N4O2/c1-9-6-12(15-8-19)14(20)13(7-9)18-16-10-4-2-3-5-11(10)17-18/h2-8,20H,1H3,(H,15,19). The Balaban J connectivity index is 2.20. The molecule has 6 nitrogen and oxygen atoms in total. The van der Waals surface area contributed by atoms with Crippen molar-refractivity contribution in [2.75, 3.05) is 5.32 Å². The lowest BCUT2D eigenvalue weighted by Gasteiger charge is -2.09. The van der Waals surface area contributed by atoms with E-state index in [-0.39, 0.29) is 5.75 Å². The molecule has 0 unspecified atom stereocenters. The van der Waals surface area contributed by atoms with Crippen molar-refractivity contribution in [2.24, 2.45) is 0 Å². The molecule has 0 radical (unpaired) electrons. The first-order chi connectivity index (χ1) is 9.69. The SMILES string of the molecule is Cc1cc(NC=O)c(O)c(-n2nc3ccccc3n2)c1. The molecule has 0 bridgehead atoms. The molecule has 1 heterocycles. The third kappa shape index (κ3) is 1.97. The summed E-state index contributed by atoms with van der Waals surface area (Å²) in [6, 6.07) is 10.9. The van der Waals surface area contributed by atoms with Gasteiger partial charge in [-0.3, -0.25) is 4.79 Å². The topological polar surface area (TPSA) is 80.0 Å². The van der Waals surface area contributed by atoms with Gasteiger partial charge in [0.15, 0.2) is 5.75 Å². The van der Waals surface area contributed by atoms with E-state index >= 15 is 0 Å². The van der Waals surface area contributed by atoms with Crippen molar-refractivity contribution in [1.82, 2.24) is 15.0 Å². The van der Waals surface area contributed by atoms with Gasteiger partial charge >= 0.3 is 0 Å². The van der Waals surface area contributed by atoms with Crippen molar-refractivity contribution in [3.05, 3.63) is 42.0 Å². The van der Waals surface area contributed by atoms with E-state index in [1.54, 1.807) is 12.1 Å². The van der Waals surface area contributed by atoms with Crippen LogP contribution in [-0.4, -0.2) is 26.5 Å². The summed E-state index contributed by atoms with van der Waals surface area (Å²) >= 11 is 0. The summed E-state index contributed by atoms with van der Waals surface area (Å²) in [5.41, 5.74) is 3.10. The number of aryl methyl sites for hydroxylation is 1. The summed E-state index contributed by atoms with van der Waals surface area (Å²) in [5.74, 6) is -0.0667. The van der Waals surface area contributed by atoms with E-state index in [1.807, 2.05) is 31.2 Å². The second-order valence-electron chi connectivity index (χ2n) is 4.42. The van der Waals surface area contributed by atoms with Gasteiger partial charge in [0.25, 0.3) is 0 Å². The highest BCUT2D eigenvalue weighted by Crippen LogP contribution is 2.31. The van der Waals surface area contributed by atoms with Crippen LogP contribution >= 0.6 is 0 Å². The molecule has 0 aliphatic heterocycles. The maximum atomic E-state index is 10.6. The van der Waals surface area contributed by atoms with Gasteiger partial charge in [0.2, 0.25) is 6.41 Å². The number of anilines is 1. The first-order valence-electron chi connectivity index (χ1n) is 6.05. The van der Waals surface area contributed by atoms with Crippen LogP contribution in [0.25, 0.3) is 16.7 Å². The number of nitrogens with zero attached hydrogens (tertiary/aromatic N) is 3. The summed E-state index contributed by atoms with van der Waals surface area (Å²) in [6.07, 6.45) is 0.519. The number of hydrogen-bond acceptors (Lipinski definition) is 4. The van der Waals surface area contributed by atoms with Crippen LogP contribution in [0.3, 0.4) is 0 Å². The lowest BCUT2D eigenvalue weighted by atomic mass is 10.2. The molecule has 3 aromatic rings. The van der Waals surface area contributed by atoms with Gasteiger partial charge in [0.1, 0.15) is 16.7 Å². The summed E-state index contributed by atoms with van der Waals surface area (Å²) in [5, 5.41) is 21.3. The van der Waals surface area contributed by atoms with Gasteiger partial charge < -0.3 is 10.4 Å². The zero-order chi connectivity index (χ0) is 14.1. The van der Waals surface area contributed by atoms with Crippen LogP contribution in [0.5, 0.6) is 5.75 Å². The smallest absolute Gasteiger partial charge is 0.211 e. The summed E-state index contributed by atoms with van der Waals surface area (Å²) < 4.78 is 0. The molecule has 2 N–H and O–H groups in total. The maximum Gasteiger partial charge on any atom is 0.211 e. The van der Waals surface area contributed by atoms with Crippen LogP contribution in [-0.2, 0) is 4.79 Å². The monoisotopic (exact) mass is 268 g/mol. The van der Waals surface area contributed by atoms with Crippen LogP contribution in [0, 0.1) is 6.92 Å². The van der Waals surface area contributed by atoms with Crippen molar-refractivity contribution >= 4 is 23.1 Å². The minimum Gasteiger partial charge on any atom is -0.504 e. The number of amides is 1. The largest absolute Gasteiger partial charge is 0.504 e. The quantitative estimate of drug-likeness (QED) is 0.562. The van der Waals surface area contributed by atoms with Crippen molar-refractivity contribution in [2.45, 2.75) is 6.92 Å². The van der Waals surface area contributed by atoms with Crippen molar-refractivity contribution < 1.29 is 9.90 Å². The number of aromatic nitrogens is 3. The van der Waals surface area contributed by atoms with E-state index in [0.29, 0.717) is 17.8 Å². The second kappa shape index (κ2) is 4.65. The minimum absolute atomic E-state index is 0.0667. The lowest BCUT2D eigenvalue weighted by molar-refractivity contribution is -0.105. The molecule has 0 aliphatic rings. The van der Waals surface area contributed by atoms with E-state index in [9.17, 15) is 9.90 Å². The average Bonchev–Trinajstić information content (AvgIpc) is 2.86. The second-order valence-corrected chi connectivity index (χ2v) is 4.42. The lowest BCUT2D eigenvalue weighted by Crippen LogP contribution is -2.03. The molecular weight excluding hydrogens is 256 g/mol. The number of carbonyl (C=O) groups excluding carboxylic acids is 1. The average molecular weight is 268 g/mol. The number of hydrogen-bond donors (Lipinski definition) is 2. The molecule has 0 saturated heterocycles. The molecule has 6 heteroatoms. The first-order valence-corrected chi connectivity index (χ1v) is 6.05. The van der Waals surface area contributed by atoms with E-state index in [2.05, 4.69) is 15.5 Å². The molecule has 0 fully saturated rings. The van der Waals surface area contributed by atoms with Gasteiger partial charge in [0.05, 0.1) is 5.69 Å². The zero-order valence-electron chi connectivity index (χ0n) is 10.7. The number of benzene rings is 2. The molecule has 20 heavy (non-hydrogen) atoms. The van der Waals surface area contributed by atoms with Gasteiger partial charge in [-0.15, -0.1) is 15.0 Å². The normalized spacial score (nSPS) is 10.7. The molecule has 2 aromatic carbocycles. The Bertz CT molecular complexity index is 762. The van der Waals surface area contributed by atoms with Crippen LogP contribution < -0.4 is 5.32 Å². The Morgan fingerprint density at radius 1 is 1.20 bits per heavy atom. The molecule has 1 amide bonds. The van der Waals surface area contributed by atoms with Gasteiger partial charge in [0, 0.05) is 0 Å². The molecule has 0 aliphatic carbocycles. The molecule has 0 saturated carbocycles. The fraction of sp³-hybridized carbons (Fsp3) is 0.0714. The third-order valence-corrected chi connectivity index (χ3v) is 2.95. The number of rotatable bonds is 3. The molecule has 0 atom stereocenters. The summed E-state index contributed by atoms with van der Waals surface area (Å²) in [4.78, 5) is 11.9. The van der Waals surface area contributed by atoms with E-state index in [1.165, 1.54) is 4.80 Å². The summed E-state index contributed by atoms with van der Waals surface area (Å²) in [7, 11) is 0. The van der Waals surface area contributed by atoms with E-state index in [0.717, 1.165) is 16.6 Å². The Kier molecular flexibility index (Phi) is 2.83. The van der Waals surface area contributed by atoms with Crippen LogP contribution in [0.15, 0.2) is 36.4 Å². The first kappa shape index (κ1) is 12.2. The minimum atomic E-state index is -0.0667. The predicted octanol–water partition coefficient (Wildman–Crippen LogP) is 2.00. The molecule has 1 aromatic heterocycles. The number of nitrogens with one attached hydrogen (secondary N) is 1. The Morgan fingerprint density at radius 2 is 1.85 bits per heavy atom. The van der Waals surface area contributed by atoms with Crippen molar-refractivity contribution in [3.63, 3.8) is 0 Å². The Hall–Kier alpha value is -2.89. The van der Waals surface area contributed by atoms with Gasteiger partial charge in [-0.2, -0.15) is 0 Å². The maximum absolute atomic E-state index is 10.6. The van der Waals surface area contributed by atoms with Gasteiger partial charge in [-0.25, -0.2) is 0 Å².